The molecule has 0 saturated carbocycles. The first-order chi connectivity index (χ1) is 8.60. The van der Waals surface area contributed by atoms with Gasteiger partial charge in [0.25, 0.3) is 0 Å². The van der Waals surface area contributed by atoms with Crippen molar-refractivity contribution in [3.63, 3.8) is 0 Å². The fourth-order valence-corrected chi connectivity index (χ4v) is 1.98. The predicted molar refractivity (Wildman–Crippen MR) is 69.6 cm³/mol. The lowest BCUT2D eigenvalue weighted by Gasteiger charge is -2.06. The molecule has 0 aliphatic rings. The van der Waals surface area contributed by atoms with E-state index < -0.39 is 5.97 Å². The van der Waals surface area contributed by atoms with Crippen LogP contribution in [-0.2, 0) is 11.3 Å². The Balaban J connectivity index is 2.38. The molecule has 0 amide bonds. The molecule has 0 unspecified atom stereocenters. The summed E-state index contributed by atoms with van der Waals surface area (Å²) in [6, 6.07) is 5.58. The Kier molecular flexibility index (Phi) is 3.66. The minimum atomic E-state index is -0.903. The van der Waals surface area contributed by atoms with Crippen molar-refractivity contribution in [3.05, 3.63) is 35.2 Å². The summed E-state index contributed by atoms with van der Waals surface area (Å²) in [7, 11) is 1.58. The maximum Gasteiger partial charge on any atom is 0.323 e. The summed E-state index contributed by atoms with van der Waals surface area (Å²) in [4.78, 5) is 14.8. The van der Waals surface area contributed by atoms with Gasteiger partial charge in [0.15, 0.2) is 0 Å². The van der Waals surface area contributed by atoms with Gasteiger partial charge in [0.1, 0.15) is 12.3 Å². The molecule has 0 fully saturated rings. The number of carboxylic acid groups (broad SMARTS) is 1. The Morgan fingerprint density at radius 3 is 3.00 bits per heavy atom. The summed E-state index contributed by atoms with van der Waals surface area (Å²) in [5.74, 6) is -0.209. The number of hydrogen-bond donors (Lipinski definition) is 1. The van der Waals surface area contributed by atoms with Gasteiger partial charge in [0.05, 0.1) is 19.1 Å². The van der Waals surface area contributed by atoms with Crippen LogP contribution < -0.4 is 4.74 Å². The van der Waals surface area contributed by atoms with E-state index in [4.69, 9.17) is 9.84 Å². The largest absolute Gasteiger partial charge is 0.496 e. The van der Waals surface area contributed by atoms with Crippen LogP contribution in [0.25, 0.3) is 11.3 Å². The van der Waals surface area contributed by atoms with Gasteiger partial charge in [-0.2, -0.15) is 0 Å². The second-order valence-corrected chi connectivity index (χ2v) is 4.59. The Hall–Kier alpha value is -1.82. The molecule has 0 saturated heterocycles. The third kappa shape index (κ3) is 2.70. The van der Waals surface area contributed by atoms with E-state index in [1.165, 1.54) is 10.9 Å². The lowest BCUT2D eigenvalue weighted by molar-refractivity contribution is -0.137. The minimum absolute atomic E-state index is 0.108. The number of rotatable bonds is 4. The number of ether oxygens (including phenoxy) is 1. The molecule has 0 aliphatic carbocycles. The van der Waals surface area contributed by atoms with Crippen molar-refractivity contribution in [1.29, 1.82) is 0 Å². The van der Waals surface area contributed by atoms with E-state index in [-0.39, 0.29) is 6.54 Å². The monoisotopic (exact) mass is 310 g/mol. The van der Waals surface area contributed by atoms with E-state index in [1.54, 1.807) is 13.3 Å². The molecule has 2 aromatic rings. The zero-order valence-corrected chi connectivity index (χ0v) is 11.2. The molecule has 18 heavy (non-hydrogen) atoms. The first-order valence-corrected chi connectivity index (χ1v) is 5.97. The number of halogens is 1. The number of carboxylic acids is 1. The van der Waals surface area contributed by atoms with Gasteiger partial charge in [-0.05, 0) is 18.2 Å². The summed E-state index contributed by atoms with van der Waals surface area (Å²) in [5, 5.41) is 8.71. The summed E-state index contributed by atoms with van der Waals surface area (Å²) in [6.45, 7) is -0.108. The number of benzene rings is 1. The van der Waals surface area contributed by atoms with E-state index in [1.807, 2.05) is 18.2 Å². The highest BCUT2D eigenvalue weighted by molar-refractivity contribution is 9.10. The molecule has 5 nitrogen and oxygen atoms in total. The normalized spacial score (nSPS) is 10.3. The molecule has 1 aromatic heterocycles. The van der Waals surface area contributed by atoms with Crippen LogP contribution in [-0.4, -0.2) is 27.7 Å². The first-order valence-electron chi connectivity index (χ1n) is 5.17. The molecule has 6 heteroatoms. The van der Waals surface area contributed by atoms with Crippen LogP contribution in [0.5, 0.6) is 5.75 Å². The maximum absolute atomic E-state index is 10.6. The van der Waals surface area contributed by atoms with Gasteiger partial charge < -0.3 is 14.4 Å². The van der Waals surface area contributed by atoms with E-state index in [9.17, 15) is 4.79 Å². The number of methoxy groups -OCH3 is 1. The van der Waals surface area contributed by atoms with Gasteiger partial charge in [-0.15, -0.1) is 0 Å². The summed E-state index contributed by atoms with van der Waals surface area (Å²) in [6.07, 6.45) is 3.17. The smallest absolute Gasteiger partial charge is 0.323 e. The van der Waals surface area contributed by atoms with Crippen molar-refractivity contribution in [2.45, 2.75) is 6.54 Å². The zero-order valence-electron chi connectivity index (χ0n) is 9.63. The van der Waals surface area contributed by atoms with Gasteiger partial charge in [-0.3, -0.25) is 4.79 Å². The van der Waals surface area contributed by atoms with Gasteiger partial charge >= 0.3 is 5.97 Å². The van der Waals surface area contributed by atoms with Crippen LogP contribution in [0.1, 0.15) is 0 Å². The highest BCUT2D eigenvalue weighted by Crippen LogP contribution is 2.31. The highest BCUT2D eigenvalue weighted by Gasteiger charge is 2.10. The lowest BCUT2D eigenvalue weighted by atomic mass is 10.1. The second kappa shape index (κ2) is 5.22. The van der Waals surface area contributed by atoms with E-state index >= 15 is 0 Å². The van der Waals surface area contributed by atoms with Crippen LogP contribution in [0.4, 0.5) is 0 Å². The molecule has 0 spiro atoms. The molecular weight excluding hydrogens is 300 g/mol. The van der Waals surface area contributed by atoms with Gasteiger partial charge in [0.2, 0.25) is 0 Å². The molecular formula is C12H11BrN2O3. The van der Waals surface area contributed by atoms with Crippen molar-refractivity contribution in [2.75, 3.05) is 7.11 Å². The van der Waals surface area contributed by atoms with Gasteiger partial charge in [-0.25, -0.2) is 4.98 Å². The molecule has 1 heterocycles. The predicted octanol–water partition coefficient (Wildman–Crippen LogP) is 2.41. The van der Waals surface area contributed by atoms with Crippen LogP contribution in [0.3, 0.4) is 0 Å². The topological polar surface area (TPSA) is 64.3 Å². The summed E-state index contributed by atoms with van der Waals surface area (Å²) < 4.78 is 7.68. The summed E-state index contributed by atoms with van der Waals surface area (Å²) >= 11 is 3.39. The standard InChI is InChI=1S/C12H11BrN2O3/c1-18-11-3-2-8(13)4-9(11)10-5-15(7-14-10)6-12(16)17/h2-5,7H,6H2,1H3,(H,16,17). The van der Waals surface area contributed by atoms with Crippen LogP contribution in [0.2, 0.25) is 0 Å². The number of nitrogens with zero attached hydrogens (tertiary/aromatic N) is 2. The molecule has 2 rings (SSSR count). The van der Waals surface area contributed by atoms with Crippen molar-refractivity contribution < 1.29 is 14.6 Å². The third-order valence-electron chi connectivity index (χ3n) is 2.39. The van der Waals surface area contributed by atoms with Crippen LogP contribution in [0.15, 0.2) is 35.2 Å². The maximum atomic E-state index is 10.6. The number of imidazole rings is 1. The van der Waals surface area contributed by atoms with Gasteiger partial charge in [-0.1, -0.05) is 15.9 Å². The molecule has 94 valence electrons. The minimum Gasteiger partial charge on any atom is -0.496 e. The second-order valence-electron chi connectivity index (χ2n) is 3.67. The molecule has 0 radical (unpaired) electrons. The number of hydrogen-bond acceptors (Lipinski definition) is 3. The van der Waals surface area contributed by atoms with E-state index in [0.717, 1.165) is 10.0 Å². The van der Waals surface area contributed by atoms with Crippen molar-refractivity contribution >= 4 is 21.9 Å². The quantitative estimate of drug-likeness (QED) is 0.942. The molecule has 1 aromatic carbocycles. The van der Waals surface area contributed by atoms with Crippen molar-refractivity contribution in [1.82, 2.24) is 9.55 Å². The molecule has 0 aliphatic heterocycles. The average Bonchev–Trinajstić information content (AvgIpc) is 2.76. The Morgan fingerprint density at radius 1 is 1.56 bits per heavy atom. The van der Waals surface area contributed by atoms with E-state index in [0.29, 0.717) is 11.4 Å². The number of aromatic nitrogens is 2. The average molecular weight is 311 g/mol. The SMILES string of the molecule is COc1ccc(Br)cc1-c1cn(CC(=O)O)cn1. The summed E-state index contributed by atoms with van der Waals surface area (Å²) in [5.41, 5.74) is 1.49. The van der Waals surface area contributed by atoms with Crippen LogP contribution >= 0.6 is 15.9 Å². The van der Waals surface area contributed by atoms with Gasteiger partial charge in [0, 0.05) is 16.2 Å². The first kappa shape index (κ1) is 12.6. The Labute approximate surface area is 112 Å². The number of carbonyl (C=O) groups is 1. The van der Waals surface area contributed by atoms with Crippen LogP contribution in [0, 0.1) is 0 Å². The van der Waals surface area contributed by atoms with Crippen molar-refractivity contribution in [3.8, 4) is 17.0 Å². The third-order valence-corrected chi connectivity index (χ3v) is 2.88. The number of aliphatic carboxylic acids is 1. The fourth-order valence-electron chi connectivity index (χ4n) is 1.62. The Morgan fingerprint density at radius 2 is 2.33 bits per heavy atom. The van der Waals surface area contributed by atoms with E-state index in [2.05, 4.69) is 20.9 Å². The molecule has 0 atom stereocenters. The van der Waals surface area contributed by atoms with Crippen molar-refractivity contribution in [2.24, 2.45) is 0 Å². The molecule has 0 bridgehead atoms. The zero-order chi connectivity index (χ0) is 13.1. The Bertz CT molecular complexity index is 580. The lowest BCUT2D eigenvalue weighted by Crippen LogP contribution is -2.06. The molecule has 1 N–H and O–H groups in total. The fraction of sp³-hybridized carbons (Fsp3) is 0.167. The highest BCUT2D eigenvalue weighted by atomic mass is 79.9.